The number of likely N-dealkylation sites (N-methyl/N-ethyl adjacent to an activating group) is 1. The highest BCUT2D eigenvalue weighted by Crippen LogP contribution is 2.35. The van der Waals surface area contributed by atoms with Gasteiger partial charge in [-0.2, -0.15) is 0 Å². The van der Waals surface area contributed by atoms with Crippen molar-refractivity contribution in [2.24, 2.45) is 0 Å². The van der Waals surface area contributed by atoms with Crippen molar-refractivity contribution in [3.8, 4) is 0 Å². The first-order valence-corrected chi connectivity index (χ1v) is 6.28. The van der Waals surface area contributed by atoms with E-state index in [0.29, 0.717) is 6.10 Å². The van der Waals surface area contributed by atoms with Crippen molar-refractivity contribution in [3.63, 3.8) is 0 Å². The first-order chi connectivity index (χ1) is 7.35. The summed E-state index contributed by atoms with van der Waals surface area (Å²) in [5.74, 6) is 0. The van der Waals surface area contributed by atoms with E-state index in [9.17, 15) is 0 Å². The second-order valence-corrected chi connectivity index (χ2v) is 4.93. The van der Waals surface area contributed by atoms with E-state index >= 15 is 0 Å². The summed E-state index contributed by atoms with van der Waals surface area (Å²) in [6, 6.07) is 1.72. The third kappa shape index (κ3) is 2.52. The van der Waals surface area contributed by atoms with Crippen LogP contribution in [0.5, 0.6) is 0 Å². The van der Waals surface area contributed by atoms with Gasteiger partial charge in [0.2, 0.25) is 0 Å². The molecule has 2 aliphatic heterocycles. The Bertz CT molecular complexity index is 182. The van der Waals surface area contributed by atoms with Gasteiger partial charge in [0, 0.05) is 32.3 Å². The van der Waals surface area contributed by atoms with Gasteiger partial charge >= 0.3 is 0 Å². The molecule has 88 valence electrons. The maximum Gasteiger partial charge on any atom is 0.0822 e. The molecule has 2 bridgehead atoms. The number of fused-ring (bicyclic) bond motifs is 2. The Labute approximate surface area is 93.2 Å². The highest BCUT2D eigenvalue weighted by Gasteiger charge is 2.37. The van der Waals surface area contributed by atoms with Crippen LogP contribution in [0.15, 0.2) is 0 Å². The van der Waals surface area contributed by atoms with E-state index in [4.69, 9.17) is 4.74 Å². The third-order valence-electron chi connectivity index (χ3n) is 4.03. The average Bonchev–Trinajstić information content (AvgIpc) is 2.51. The zero-order chi connectivity index (χ0) is 10.7. The average molecular weight is 212 g/mol. The number of methoxy groups -OCH3 is 1. The quantitative estimate of drug-likeness (QED) is 0.742. The summed E-state index contributed by atoms with van der Waals surface area (Å²) >= 11 is 0. The van der Waals surface area contributed by atoms with Gasteiger partial charge in [0.25, 0.3) is 0 Å². The number of hydrogen-bond donors (Lipinski definition) is 1. The Balaban J connectivity index is 1.87. The fourth-order valence-electron chi connectivity index (χ4n) is 3.21. The minimum atomic E-state index is 0.358. The Morgan fingerprint density at radius 3 is 2.47 bits per heavy atom. The predicted molar refractivity (Wildman–Crippen MR) is 62.1 cm³/mol. The topological polar surface area (TPSA) is 24.5 Å². The highest BCUT2D eigenvalue weighted by atomic mass is 16.5. The summed E-state index contributed by atoms with van der Waals surface area (Å²) in [5, 5.41) is 3.21. The van der Waals surface area contributed by atoms with Crippen LogP contribution in [-0.4, -0.2) is 50.3 Å². The van der Waals surface area contributed by atoms with E-state index in [1.165, 1.54) is 32.1 Å². The second kappa shape index (κ2) is 5.28. The van der Waals surface area contributed by atoms with Gasteiger partial charge < -0.3 is 10.1 Å². The van der Waals surface area contributed by atoms with Crippen molar-refractivity contribution in [2.75, 3.05) is 27.2 Å². The summed E-state index contributed by atoms with van der Waals surface area (Å²) in [6.45, 7) is 2.08. The van der Waals surface area contributed by atoms with Crippen LogP contribution in [0, 0.1) is 0 Å². The first kappa shape index (κ1) is 11.4. The molecule has 1 N–H and O–H groups in total. The fraction of sp³-hybridized carbons (Fsp3) is 1.00. The fourth-order valence-corrected chi connectivity index (χ4v) is 3.21. The molecule has 0 radical (unpaired) electrons. The lowest BCUT2D eigenvalue weighted by atomic mass is 10.0. The molecule has 1 unspecified atom stereocenters. The Morgan fingerprint density at radius 1 is 1.27 bits per heavy atom. The molecule has 0 spiro atoms. The van der Waals surface area contributed by atoms with Crippen LogP contribution in [0.1, 0.15) is 32.1 Å². The molecule has 15 heavy (non-hydrogen) atoms. The zero-order valence-electron chi connectivity index (χ0n) is 10.0. The van der Waals surface area contributed by atoms with Crippen LogP contribution in [0.3, 0.4) is 0 Å². The number of hydrogen-bond acceptors (Lipinski definition) is 3. The van der Waals surface area contributed by atoms with Crippen molar-refractivity contribution < 1.29 is 4.74 Å². The summed E-state index contributed by atoms with van der Waals surface area (Å²) in [6.07, 6.45) is 7.45. The summed E-state index contributed by atoms with van der Waals surface area (Å²) < 4.78 is 5.51. The van der Waals surface area contributed by atoms with Crippen LogP contribution in [0.4, 0.5) is 0 Å². The van der Waals surface area contributed by atoms with Gasteiger partial charge in [0.05, 0.1) is 6.10 Å². The molecule has 2 rings (SSSR count). The van der Waals surface area contributed by atoms with E-state index in [1.807, 2.05) is 14.2 Å². The minimum Gasteiger partial charge on any atom is -0.379 e. The normalized spacial score (nSPS) is 33.2. The molecule has 2 fully saturated rings. The Kier molecular flexibility index (Phi) is 4.00. The molecule has 3 atom stereocenters. The van der Waals surface area contributed by atoms with Crippen LogP contribution >= 0.6 is 0 Å². The second-order valence-electron chi connectivity index (χ2n) is 4.93. The lowest BCUT2D eigenvalue weighted by molar-refractivity contribution is 0.0337. The number of piperidine rings is 1. The lowest BCUT2D eigenvalue weighted by Crippen LogP contribution is -2.46. The van der Waals surface area contributed by atoms with Gasteiger partial charge in [-0.25, -0.2) is 0 Å². The van der Waals surface area contributed by atoms with E-state index in [0.717, 1.165) is 25.2 Å². The molecule has 0 amide bonds. The highest BCUT2D eigenvalue weighted by molar-refractivity contribution is 4.92. The van der Waals surface area contributed by atoms with Crippen LogP contribution < -0.4 is 5.32 Å². The predicted octanol–water partition coefficient (Wildman–Crippen LogP) is 1.24. The van der Waals surface area contributed by atoms with Gasteiger partial charge in [0.1, 0.15) is 0 Å². The molecule has 2 saturated heterocycles. The molecular formula is C12H24N2O. The monoisotopic (exact) mass is 212 g/mol. The molecular weight excluding hydrogens is 188 g/mol. The zero-order valence-corrected chi connectivity index (χ0v) is 10.0. The van der Waals surface area contributed by atoms with Crippen molar-refractivity contribution in [3.05, 3.63) is 0 Å². The van der Waals surface area contributed by atoms with E-state index < -0.39 is 0 Å². The molecule has 2 aliphatic rings. The third-order valence-corrected chi connectivity index (χ3v) is 4.03. The van der Waals surface area contributed by atoms with Gasteiger partial charge in [-0.1, -0.05) is 6.42 Å². The van der Waals surface area contributed by atoms with E-state index in [1.54, 1.807) is 0 Å². The molecule has 0 aromatic heterocycles. The maximum absolute atomic E-state index is 5.51. The minimum absolute atomic E-state index is 0.358. The van der Waals surface area contributed by atoms with Crippen molar-refractivity contribution in [1.29, 1.82) is 0 Å². The number of rotatable bonds is 5. The molecule has 0 aromatic carbocycles. The van der Waals surface area contributed by atoms with Crippen LogP contribution in [0.2, 0.25) is 0 Å². The van der Waals surface area contributed by atoms with Crippen LogP contribution in [0.25, 0.3) is 0 Å². The van der Waals surface area contributed by atoms with Crippen LogP contribution in [-0.2, 0) is 4.74 Å². The lowest BCUT2D eigenvalue weighted by Gasteiger charge is -2.36. The molecule has 3 nitrogen and oxygen atoms in total. The van der Waals surface area contributed by atoms with Crippen molar-refractivity contribution in [2.45, 2.75) is 50.3 Å². The van der Waals surface area contributed by atoms with Gasteiger partial charge in [-0.05, 0) is 32.7 Å². The molecule has 0 aliphatic carbocycles. The number of nitrogens with zero attached hydrogens (tertiary/aromatic N) is 1. The Hall–Kier alpha value is -0.120. The van der Waals surface area contributed by atoms with Crippen molar-refractivity contribution >= 4 is 0 Å². The summed E-state index contributed by atoms with van der Waals surface area (Å²) in [4.78, 5) is 2.70. The smallest absolute Gasteiger partial charge is 0.0822 e. The van der Waals surface area contributed by atoms with E-state index in [2.05, 4.69) is 10.2 Å². The van der Waals surface area contributed by atoms with Gasteiger partial charge in [0.15, 0.2) is 0 Å². The Morgan fingerprint density at radius 2 is 1.93 bits per heavy atom. The summed E-state index contributed by atoms with van der Waals surface area (Å²) in [7, 11) is 3.82. The number of ether oxygens (including phenoxy) is 1. The molecule has 0 aromatic rings. The maximum atomic E-state index is 5.51. The van der Waals surface area contributed by atoms with E-state index in [-0.39, 0.29) is 0 Å². The van der Waals surface area contributed by atoms with Gasteiger partial charge in [-0.15, -0.1) is 0 Å². The number of nitrogens with one attached hydrogen (secondary N) is 1. The SMILES string of the molecule is CNCC(CN1[C@@H]2CCC[C@H]1CC2)OC. The first-order valence-electron chi connectivity index (χ1n) is 6.28. The largest absolute Gasteiger partial charge is 0.379 e. The van der Waals surface area contributed by atoms with Gasteiger partial charge in [-0.3, -0.25) is 4.90 Å². The molecule has 0 saturated carbocycles. The standard InChI is InChI=1S/C12H24N2O/c1-13-8-12(15-2)9-14-10-4-3-5-11(14)7-6-10/h10-13H,3-9H2,1-2H3/t10-,11+,12?. The van der Waals surface area contributed by atoms with Crippen molar-refractivity contribution in [1.82, 2.24) is 10.2 Å². The summed E-state index contributed by atoms with van der Waals surface area (Å²) in [5.41, 5.74) is 0. The molecule has 3 heteroatoms. The molecule has 2 heterocycles.